The van der Waals surface area contributed by atoms with Crippen LogP contribution in [-0.2, 0) is 4.74 Å². The van der Waals surface area contributed by atoms with E-state index in [0.717, 1.165) is 0 Å². The van der Waals surface area contributed by atoms with Crippen LogP contribution < -0.4 is 0 Å². The Hall–Kier alpha value is -2.51. The molecule has 1 aliphatic rings. The third kappa shape index (κ3) is 4.57. The van der Waals surface area contributed by atoms with E-state index in [1.807, 2.05) is 36.4 Å². The van der Waals surface area contributed by atoms with Crippen molar-refractivity contribution in [2.45, 2.75) is 70.1 Å². The molecule has 3 nitrogen and oxygen atoms in total. The average molecular weight is 434 g/mol. The molecule has 0 aromatic heterocycles. The predicted molar refractivity (Wildman–Crippen MR) is 131 cm³/mol. The van der Waals surface area contributed by atoms with E-state index in [4.69, 9.17) is 4.74 Å². The average Bonchev–Trinajstić information content (AvgIpc) is 3.10. The van der Waals surface area contributed by atoms with Crippen LogP contribution in [0, 0.1) is 11.6 Å². The predicted octanol–water partition coefficient (Wildman–Crippen LogP) is 6.82. The maximum Gasteiger partial charge on any atom is 0.422 e. The van der Waals surface area contributed by atoms with E-state index >= 15 is 0 Å². The fourth-order valence-electron chi connectivity index (χ4n) is 5.36. The fourth-order valence-corrected chi connectivity index (χ4v) is 10.5. The molecule has 3 rings (SSSR count). The van der Waals surface area contributed by atoms with Gasteiger partial charge in [0.1, 0.15) is 14.7 Å². The van der Waals surface area contributed by atoms with Crippen molar-refractivity contribution < 1.29 is 9.53 Å². The molecule has 0 radical (unpaired) electrons. The molecule has 31 heavy (non-hydrogen) atoms. The minimum Gasteiger partial charge on any atom is -0.446 e. The summed E-state index contributed by atoms with van der Waals surface area (Å²) >= 11 is 0. The van der Waals surface area contributed by atoms with Gasteiger partial charge in [0.15, 0.2) is 0 Å². The number of nitrogens with zero attached hydrogens (tertiary/aromatic N) is 1. The van der Waals surface area contributed by atoms with Crippen LogP contribution in [0.5, 0.6) is 0 Å². The molecule has 0 bridgehead atoms. The van der Waals surface area contributed by atoms with Gasteiger partial charge in [0.25, 0.3) is 0 Å². The molecule has 0 aliphatic carbocycles. The first-order chi connectivity index (χ1) is 14.8. The number of carbonyl (C=O) groups excluding carboxylic acids is 1. The molecule has 0 N–H and O–H groups in total. The van der Waals surface area contributed by atoms with Gasteiger partial charge in [-0.1, -0.05) is 102 Å². The summed E-state index contributed by atoms with van der Waals surface area (Å²) in [6.45, 7) is 14.1. The highest BCUT2D eigenvalue weighted by Gasteiger charge is 2.44. The topological polar surface area (TPSA) is 29.5 Å². The Morgan fingerprint density at radius 1 is 0.839 bits per heavy atom. The summed E-state index contributed by atoms with van der Waals surface area (Å²) in [5, 5.41) is 0. The molecule has 4 heteroatoms. The highest BCUT2D eigenvalue weighted by atomic mass is 28.3. The third-order valence-corrected chi connectivity index (χ3v) is 13.1. The van der Waals surface area contributed by atoms with Gasteiger partial charge in [-0.15, -0.1) is 5.54 Å². The van der Waals surface area contributed by atoms with E-state index in [-0.39, 0.29) is 18.1 Å². The smallest absolute Gasteiger partial charge is 0.422 e. The van der Waals surface area contributed by atoms with Crippen molar-refractivity contribution in [1.82, 2.24) is 4.90 Å². The van der Waals surface area contributed by atoms with Crippen molar-refractivity contribution >= 4 is 14.2 Å². The van der Waals surface area contributed by atoms with Gasteiger partial charge >= 0.3 is 6.09 Å². The Kier molecular flexibility index (Phi) is 7.28. The first kappa shape index (κ1) is 23.2. The zero-order chi connectivity index (χ0) is 22.6. The van der Waals surface area contributed by atoms with Gasteiger partial charge in [-0.2, -0.15) is 0 Å². The second-order valence-electron chi connectivity index (χ2n) is 9.45. The maximum atomic E-state index is 12.8. The van der Waals surface area contributed by atoms with Crippen molar-refractivity contribution in [3.05, 3.63) is 71.8 Å². The molecule has 0 saturated carbocycles. The minimum absolute atomic E-state index is 0.0105. The van der Waals surface area contributed by atoms with Gasteiger partial charge in [-0.3, -0.25) is 0 Å². The van der Waals surface area contributed by atoms with Crippen molar-refractivity contribution in [2.75, 3.05) is 6.61 Å². The zero-order valence-electron chi connectivity index (χ0n) is 19.6. The summed E-state index contributed by atoms with van der Waals surface area (Å²) in [6.07, 6.45) is -0.325. The fraction of sp³-hybridized carbons (Fsp3) is 0.444. The molecule has 1 aliphatic heterocycles. The minimum atomic E-state index is -1.96. The summed E-state index contributed by atoms with van der Waals surface area (Å²) in [4.78, 5) is 14.5. The van der Waals surface area contributed by atoms with Crippen LogP contribution in [0.2, 0.25) is 16.6 Å². The first-order valence-electron chi connectivity index (χ1n) is 11.4. The molecule has 1 saturated heterocycles. The molecule has 1 amide bonds. The molecule has 2 aromatic carbocycles. The van der Waals surface area contributed by atoms with Crippen LogP contribution in [0.15, 0.2) is 60.7 Å². The number of benzene rings is 2. The Labute approximate surface area is 188 Å². The molecular formula is C27H35NO2Si. The van der Waals surface area contributed by atoms with Crippen LogP contribution in [-0.4, -0.2) is 31.7 Å². The molecule has 0 unspecified atom stereocenters. The summed E-state index contributed by atoms with van der Waals surface area (Å²) in [6, 6.07) is 24.0. The van der Waals surface area contributed by atoms with Crippen LogP contribution in [0.1, 0.15) is 58.6 Å². The Morgan fingerprint density at radius 2 is 1.29 bits per heavy atom. The van der Waals surface area contributed by atoms with Crippen molar-refractivity contribution in [3.8, 4) is 11.6 Å². The number of hydrogen-bond acceptors (Lipinski definition) is 2. The number of amides is 1. The van der Waals surface area contributed by atoms with Gasteiger partial charge in [0, 0.05) is 12.0 Å². The van der Waals surface area contributed by atoms with Gasteiger partial charge in [0.2, 0.25) is 0 Å². The van der Waals surface area contributed by atoms with Gasteiger partial charge in [0.05, 0.1) is 6.04 Å². The molecule has 2 aromatic rings. The Bertz CT molecular complexity index is 867. The summed E-state index contributed by atoms with van der Waals surface area (Å²) in [5.41, 5.74) is 7.58. The lowest BCUT2D eigenvalue weighted by molar-refractivity contribution is 0.167. The van der Waals surface area contributed by atoms with Gasteiger partial charge in [-0.25, -0.2) is 9.69 Å². The largest absolute Gasteiger partial charge is 0.446 e. The summed E-state index contributed by atoms with van der Waals surface area (Å²) < 4.78 is 5.55. The van der Waals surface area contributed by atoms with E-state index < -0.39 is 8.07 Å². The maximum absolute atomic E-state index is 12.8. The molecule has 1 atom stereocenters. The monoisotopic (exact) mass is 433 g/mol. The van der Waals surface area contributed by atoms with Crippen molar-refractivity contribution in [2.24, 2.45) is 0 Å². The number of rotatable bonds is 6. The lowest BCUT2D eigenvalue weighted by atomic mass is 9.85. The lowest BCUT2D eigenvalue weighted by Gasteiger charge is -2.38. The van der Waals surface area contributed by atoms with E-state index in [9.17, 15) is 4.79 Å². The highest BCUT2D eigenvalue weighted by molar-refractivity contribution is 6.90. The molecular weight excluding hydrogens is 398 g/mol. The van der Waals surface area contributed by atoms with Gasteiger partial charge in [-0.05, 0) is 27.8 Å². The van der Waals surface area contributed by atoms with E-state index in [2.05, 4.69) is 77.4 Å². The number of hydrogen-bond donors (Lipinski definition) is 0. The van der Waals surface area contributed by atoms with Gasteiger partial charge < -0.3 is 4.74 Å². The van der Waals surface area contributed by atoms with Crippen molar-refractivity contribution in [1.29, 1.82) is 0 Å². The number of ether oxygens (including phenoxy) is 1. The quantitative estimate of drug-likeness (QED) is 0.369. The SMILES string of the molecule is CC(C)[Si](C#CN1C(=O)OC[C@H]1C(c1ccccc1)c1ccccc1)(C(C)C)C(C)C. The van der Waals surface area contributed by atoms with E-state index in [1.54, 1.807) is 4.90 Å². The zero-order valence-corrected chi connectivity index (χ0v) is 20.6. The van der Waals surface area contributed by atoms with Crippen LogP contribution in [0.3, 0.4) is 0 Å². The second kappa shape index (κ2) is 9.74. The van der Waals surface area contributed by atoms with Crippen molar-refractivity contribution in [3.63, 3.8) is 0 Å². The van der Waals surface area contributed by atoms with Crippen LogP contribution in [0.4, 0.5) is 4.79 Å². The van der Waals surface area contributed by atoms with Crippen LogP contribution in [0.25, 0.3) is 0 Å². The van der Waals surface area contributed by atoms with Crippen LogP contribution >= 0.6 is 0 Å². The third-order valence-electron chi connectivity index (χ3n) is 6.87. The number of carbonyl (C=O) groups is 1. The molecule has 1 heterocycles. The first-order valence-corrected chi connectivity index (χ1v) is 13.6. The molecule has 0 spiro atoms. The Balaban J connectivity index is 2.07. The molecule has 1 fully saturated rings. The van der Waals surface area contributed by atoms with E-state index in [0.29, 0.717) is 23.2 Å². The summed E-state index contributed by atoms with van der Waals surface area (Å²) in [5.74, 6) is 0.0105. The highest BCUT2D eigenvalue weighted by Crippen LogP contribution is 2.41. The standard InChI is InChI=1S/C27H35NO2Si/c1-20(2)31(21(3)4,22(5)6)18-17-28-25(19-30-27(28)29)26(23-13-9-7-10-14-23)24-15-11-8-12-16-24/h7-16,20-22,25-26H,19H2,1-6H3/t25-/m0/s1. The summed E-state index contributed by atoms with van der Waals surface area (Å²) in [7, 11) is -1.96. The Morgan fingerprint density at radius 3 is 1.71 bits per heavy atom. The lowest BCUT2D eigenvalue weighted by Crippen LogP contribution is -2.44. The second-order valence-corrected chi connectivity index (χ2v) is 15.0. The number of cyclic esters (lactones) is 1. The van der Waals surface area contributed by atoms with E-state index in [1.165, 1.54) is 11.1 Å². The normalized spacial score (nSPS) is 16.8. The molecule has 164 valence electrons.